The Morgan fingerprint density at radius 2 is 1.94 bits per heavy atom. The molecule has 0 radical (unpaired) electrons. The van der Waals surface area contributed by atoms with Gasteiger partial charge in [0.2, 0.25) is 0 Å². The van der Waals surface area contributed by atoms with E-state index in [2.05, 4.69) is 19.2 Å². The molecule has 4 heteroatoms. The van der Waals surface area contributed by atoms with E-state index in [0.29, 0.717) is 12.0 Å². The second kappa shape index (κ2) is 5.27. The Bertz CT molecular complexity index is 388. The van der Waals surface area contributed by atoms with Gasteiger partial charge in [-0.2, -0.15) is 0 Å². The minimum atomic E-state index is 0.457. The maximum atomic E-state index is 5.49. The molecule has 2 fully saturated rings. The van der Waals surface area contributed by atoms with E-state index in [1.165, 1.54) is 41.3 Å². The maximum absolute atomic E-state index is 5.49. The average molecular weight is 266 g/mol. The molecule has 2 aliphatic rings. The Morgan fingerprint density at radius 1 is 1.22 bits per heavy atom. The molecule has 1 aromatic rings. The van der Waals surface area contributed by atoms with E-state index in [4.69, 9.17) is 9.72 Å². The Kier molecular flexibility index (Phi) is 3.68. The Morgan fingerprint density at radius 3 is 2.50 bits per heavy atom. The van der Waals surface area contributed by atoms with Crippen molar-refractivity contribution in [2.45, 2.75) is 51.6 Å². The van der Waals surface area contributed by atoms with Crippen LogP contribution in [-0.2, 0) is 4.74 Å². The summed E-state index contributed by atoms with van der Waals surface area (Å²) in [4.78, 5) is 6.14. The van der Waals surface area contributed by atoms with Crippen molar-refractivity contribution in [2.75, 3.05) is 13.2 Å². The van der Waals surface area contributed by atoms with Crippen molar-refractivity contribution in [3.63, 3.8) is 0 Å². The zero-order valence-electron chi connectivity index (χ0n) is 11.2. The third-order valence-corrected chi connectivity index (χ3v) is 5.20. The van der Waals surface area contributed by atoms with Gasteiger partial charge in [-0.1, -0.05) is 0 Å². The van der Waals surface area contributed by atoms with Crippen LogP contribution in [0.3, 0.4) is 0 Å². The van der Waals surface area contributed by atoms with E-state index in [1.807, 2.05) is 11.3 Å². The van der Waals surface area contributed by atoms with Crippen LogP contribution in [0.5, 0.6) is 0 Å². The van der Waals surface area contributed by atoms with Crippen molar-refractivity contribution in [1.29, 1.82) is 0 Å². The summed E-state index contributed by atoms with van der Waals surface area (Å²) in [6.45, 7) is 6.12. The SMILES string of the molecule is Cc1nc(C(NC2CC2)C2CCOCC2)sc1C. The fraction of sp³-hybridized carbons (Fsp3) is 0.786. The fourth-order valence-electron chi connectivity index (χ4n) is 2.59. The van der Waals surface area contributed by atoms with Gasteiger partial charge in [-0.3, -0.25) is 0 Å². The zero-order chi connectivity index (χ0) is 12.5. The first-order chi connectivity index (χ1) is 8.74. The van der Waals surface area contributed by atoms with E-state index < -0.39 is 0 Å². The second-order valence-electron chi connectivity index (χ2n) is 5.56. The van der Waals surface area contributed by atoms with Crippen molar-refractivity contribution in [3.8, 4) is 0 Å². The number of nitrogens with zero attached hydrogens (tertiary/aromatic N) is 1. The van der Waals surface area contributed by atoms with Crippen molar-refractivity contribution in [1.82, 2.24) is 10.3 Å². The van der Waals surface area contributed by atoms with Crippen LogP contribution in [0.2, 0.25) is 0 Å². The predicted octanol–water partition coefficient (Wildman–Crippen LogP) is 2.98. The van der Waals surface area contributed by atoms with Gasteiger partial charge < -0.3 is 10.1 Å². The summed E-state index contributed by atoms with van der Waals surface area (Å²) in [5, 5.41) is 5.11. The molecule has 1 saturated carbocycles. The Hall–Kier alpha value is -0.450. The van der Waals surface area contributed by atoms with E-state index >= 15 is 0 Å². The number of hydrogen-bond donors (Lipinski definition) is 1. The molecule has 1 atom stereocenters. The standard InChI is InChI=1S/C14H22N2OS/c1-9-10(2)18-14(15-9)13(16-12-3-4-12)11-5-7-17-8-6-11/h11-13,16H,3-8H2,1-2H3. The quantitative estimate of drug-likeness (QED) is 0.909. The molecule has 1 N–H and O–H groups in total. The number of hydrogen-bond acceptors (Lipinski definition) is 4. The normalized spacial score (nSPS) is 23.2. The molecular weight excluding hydrogens is 244 g/mol. The number of ether oxygens (including phenoxy) is 1. The summed E-state index contributed by atoms with van der Waals surface area (Å²) in [5.41, 5.74) is 1.20. The summed E-state index contributed by atoms with van der Waals surface area (Å²) >= 11 is 1.87. The van der Waals surface area contributed by atoms with Gasteiger partial charge in [-0.15, -0.1) is 11.3 Å². The molecule has 18 heavy (non-hydrogen) atoms. The monoisotopic (exact) mass is 266 g/mol. The molecule has 1 aromatic heterocycles. The minimum Gasteiger partial charge on any atom is -0.381 e. The lowest BCUT2D eigenvalue weighted by atomic mass is 9.92. The van der Waals surface area contributed by atoms with Gasteiger partial charge in [-0.05, 0) is 45.4 Å². The van der Waals surface area contributed by atoms with E-state index in [9.17, 15) is 0 Å². The van der Waals surface area contributed by atoms with Crippen LogP contribution in [0.15, 0.2) is 0 Å². The molecule has 1 unspecified atom stereocenters. The predicted molar refractivity (Wildman–Crippen MR) is 74.0 cm³/mol. The maximum Gasteiger partial charge on any atom is 0.110 e. The van der Waals surface area contributed by atoms with Crippen molar-refractivity contribution >= 4 is 11.3 Å². The highest BCUT2D eigenvalue weighted by atomic mass is 32.1. The molecule has 100 valence electrons. The molecule has 0 amide bonds. The van der Waals surface area contributed by atoms with Crippen LogP contribution >= 0.6 is 11.3 Å². The van der Waals surface area contributed by atoms with Gasteiger partial charge in [0.05, 0.1) is 11.7 Å². The Labute approximate surface area is 113 Å². The van der Waals surface area contributed by atoms with Crippen LogP contribution in [0.25, 0.3) is 0 Å². The van der Waals surface area contributed by atoms with Gasteiger partial charge >= 0.3 is 0 Å². The first-order valence-electron chi connectivity index (χ1n) is 7.02. The molecule has 1 aliphatic heterocycles. The third-order valence-electron chi connectivity index (χ3n) is 4.04. The summed E-state index contributed by atoms with van der Waals surface area (Å²) in [6.07, 6.45) is 5.01. The van der Waals surface area contributed by atoms with Crippen molar-refractivity contribution in [3.05, 3.63) is 15.6 Å². The van der Waals surface area contributed by atoms with Crippen LogP contribution in [-0.4, -0.2) is 24.2 Å². The number of rotatable bonds is 4. The number of aromatic nitrogens is 1. The van der Waals surface area contributed by atoms with E-state index in [0.717, 1.165) is 19.3 Å². The zero-order valence-corrected chi connectivity index (χ0v) is 12.1. The summed E-state index contributed by atoms with van der Waals surface area (Å²) in [5.74, 6) is 0.698. The van der Waals surface area contributed by atoms with Crippen molar-refractivity contribution < 1.29 is 4.74 Å². The smallest absolute Gasteiger partial charge is 0.110 e. The average Bonchev–Trinajstić information content (AvgIpc) is 3.14. The van der Waals surface area contributed by atoms with Crippen LogP contribution in [0.1, 0.15) is 47.3 Å². The largest absolute Gasteiger partial charge is 0.381 e. The molecule has 1 saturated heterocycles. The third kappa shape index (κ3) is 2.76. The molecule has 0 spiro atoms. The second-order valence-corrected chi connectivity index (χ2v) is 6.80. The van der Waals surface area contributed by atoms with Crippen LogP contribution in [0, 0.1) is 19.8 Å². The molecular formula is C14H22N2OS. The van der Waals surface area contributed by atoms with Gasteiger partial charge in [0.1, 0.15) is 5.01 Å². The lowest BCUT2D eigenvalue weighted by Gasteiger charge is -2.30. The van der Waals surface area contributed by atoms with Gasteiger partial charge in [-0.25, -0.2) is 4.98 Å². The van der Waals surface area contributed by atoms with Gasteiger partial charge in [0.25, 0.3) is 0 Å². The lowest BCUT2D eigenvalue weighted by molar-refractivity contribution is 0.0532. The molecule has 0 aromatic carbocycles. The van der Waals surface area contributed by atoms with Crippen LogP contribution < -0.4 is 5.32 Å². The highest BCUT2D eigenvalue weighted by Gasteiger charge is 2.33. The molecule has 0 bridgehead atoms. The van der Waals surface area contributed by atoms with Gasteiger partial charge in [0.15, 0.2) is 0 Å². The Balaban J connectivity index is 1.78. The summed E-state index contributed by atoms with van der Waals surface area (Å²) < 4.78 is 5.49. The lowest BCUT2D eigenvalue weighted by Crippen LogP contribution is -2.33. The molecule has 3 nitrogen and oxygen atoms in total. The number of aryl methyl sites for hydroxylation is 2. The topological polar surface area (TPSA) is 34.2 Å². The van der Waals surface area contributed by atoms with Crippen LogP contribution in [0.4, 0.5) is 0 Å². The van der Waals surface area contributed by atoms with E-state index in [1.54, 1.807) is 0 Å². The number of nitrogens with one attached hydrogen (secondary N) is 1. The first kappa shape index (κ1) is 12.6. The summed E-state index contributed by atoms with van der Waals surface area (Å²) in [7, 11) is 0. The highest BCUT2D eigenvalue weighted by Crippen LogP contribution is 2.36. The molecule has 2 heterocycles. The molecule has 3 rings (SSSR count). The molecule has 1 aliphatic carbocycles. The number of thiazole rings is 1. The van der Waals surface area contributed by atoms with Crippen molar-refractivity contribution in [2.24, 2.45) is 5.92 Å². The first-order valence-corrected chi connectivity index (χ1v) is 7.83. The highest BCUT2D eigenvalue weighted by molar-refractivity contribution is 7.11. The fourth-order valence-corrected chi connectivity index (χ4v) is 3.67. The summed E-state index contributed by atoms with van der Waals surface area (Å²) in [6, 6.07) is 1.20. The van der Waals surface area contributed by atoms with Gasteiger partial charge in [0, 0.05) is 24.1 Å². The minimum absolute atomic E-state index is 0.457. The van der Waals surface area contributed by atoms with E-state index in [-0.39, 0.29) is 0 Å².